The van der Waals surface area contributed by atoms with Crippen molar-refractivity contribution < 1.29 is 4.74 Å². The molecule has 12 heavy (non-hydrogen) atoms. The van der Waals surface area contributed by atoms with Crippen molar-refractivity contribution >= 4 is 30.8 Å². The van der Waals surface area contributed by atoms with E-state index >= 15 is 0 Å². The van der Waals surface area contributed by atoms with Crippen LogP contribution in [0, 0.1) is 0 Å². The van der Waals surface area contributed by atoms with Crippen LogP contribution in [-0.2, 0) is 0 Å². The molecule has 2 nitrogen and oxygen atoms in total. The second-order valence-electron chi connectivity index (χ2n) is 2.29. The Morgan fingerprint density at radius 3 is 2.92 bits per heavy atom. The second kappa shape index (κ2) is 2.88. The maximum absolute atomic E-state index is 11.2. The third-order valence-corrected chi connectivity index (χ3v) is 3.87. The molecule has 0 radical (unpaired) electrons. The van der Waals surface area contributed by atoms with Gasteiger partial charge in [-0.2, -0.15) is 0 Å². The third kappa shape index (κ3) is 1.04. The van der Waals surface area contributed by atoms with Crippen LogP contribution < -0.4 is 9.48 Å². The molecular weight excluding hydrogens is 192 g/mol. The first-order valence-corrected chi connectivity index (χ1v) is 5.54. The number of hydrogen-bond acceptors (Lipinski definition) is 4. The molecule has 1 heterocycles. The van der Waals surface area contributed by atoms with Gasteiger partial charge in [0.1, 0.15) is 5.75 Å². The zero-order valence-corrected chi connectivity index (χ0v) is 8.00. The number of rotatable bonds is 1. The van der Waals surface area contributed by atoms with Crippen molar-refractivity contribution in [3.05, 3.63) is 27.7 Å². The molecule has 0 saturated heterocycles. The zero-order valence-electron chi connectivity index (χ0n) is 6.37. The molecule has 2 aromatic rings. The molecule has 0 bridgehead atoms. The van der Waals surface area contributed by atoms with Crippen molar-refractivity contribution in [3.63, 3.8) is 0 Å². The van der Waals surface area contributed by atoms with Crippen LogP contribution in [0.15, 0.2) is 23.0 Å². The van der Waals surface area contributed by atoms with Gasteiger partial charge >= 0.3 is 0 Å². The van der Waals surface area contributed by atoms with Crippen LogP contribution in [0.1, 0.15) is 0 Å². The summed E-state index contributed by atoms with van der Waals surface area (Å²) in [4.78, 5) is 11.2. The Labute approximate surface area is 76.4 Å². The Balaban J connectivity index is 2.90. The van der Waals surface area contributed by atoms with Gasteiger partial charge in [0.2, 0.25) is 0 Å². The van der Waals surface area contributed by atoms with Crippen LogP contribution in [0.3, 0.4) is 0 Å². The van der Waals surface area contributed by atoms with E-state index in [1.165, 1.54) is 20.7 Å². The average molecular weight is 198 g/mol. The molecule has 0 atom stereocenters. The number of benzene rings is 1. The lowest BCUT2D eigenvalue weighted by molar-refractivity contribution is 0.420. The van der Waals surface area contributed by atoms with Crippen molar-refractivity contribution in [2.45, 2.75) is 0 Å². The molecule has 0 spiro atoms. The molecule has 0 aliphatic rings. The van der Waals surface area contributed by atoms with Gasteiger partial charge in [-0.1, -0.05) is 16.4 Å². The lowest BCUT2D eigenvalue weighted by Gasteiger charge is -1.97. The van der Waals surface area contributed by atoms with E-state index in [0.29, 0.717) is 0 Å². The van der Waals surface area contributed by atoms with Gasteiger partial charge in [0.05, 0.1) is 17.2 Å². The highest BCUT2D eigenvalue weighted by molar-refractivity contribution is 7.71. The van der Waals surface area contributed by atoms with Gasteiger partial charge in [0.25, 0.3) is 4.74 Å². The van der Waals surface area contributed by atoms with E-state index in [1.54, 1.807) is 7.11 Å². The van der Waals surface area contributed by atoms with E-state index in [-0.39, 0.29) is 4.74 Å². The highest BCUT2D eigenvalue weighted by Gasteiger charge is 2.05. The molecule has 1 aromatic carbocycles. The maximum atomic E-state index is 11.2. The van der Waals surface area contributed by atoms with Crippen LogP contribution in [-0.4, -0.2) is 7.11 Å². The fourth-order valence-electron chi connectivity index (χ4n) is 1.05. The van der Waals surface area contributed by atoms with Gasteiger partial charge in [-0.3, -0.25) is 4.79 Å². The Morgan fingerprint density at radius 1 is 1.33 bits per heavy atom. The van der Waals surface area contributed by atoms with Crippen molar-refractivity contribution in [3.8, 4) is 5.75 Å². The molecule has 4 heteroatoms. The minimum absolute atomic E-state index is 0.119. The number of hydrogen-bond donors (Lipinski definition) is 0. The predicted molar refractivity (Wildman–Crippen MR) is 52.5 cm³/mol. The minimum atomic E-state index is 0.119. The molecule has 0 amide bonds. The van der Waals surface area contributed by atoms with Gasteiger partial charge in [-0.15, -0.1) is 0 Å². The predicted octanol–water partition coefficient (Wildman–Crippen LogP) is 2.33. The Bertz CT molecular complexity index is 455. The number of fused-ring (bicyclic) bond motifs is 1. The van der Waals surface area contributed by atoms with E-state index < -0.39 is 0 Å². The van der Waals surface area contributed by atoms with Crippen LogP contribution in [0.5, 0.6) is 5.75 Å². The highest BCUT2D eigenvalue weighted by atomic mass is 32.9. The van der Waals surface area contributed by atoms with E-state index in [2.05, 4.69) is 0 Å². The fraction of sp³-hybridized carbons (Fsp3) is 0.125. The van der Waals surface area contributed by atoms with Crippen LogP contribution in [0.2, 0.25) is 0 Å². The van der Waals surface area contributed by atoms with Gasteiger partial charge in [-0.25, -0.2) is 0 Å². The summed E-state index contributed by atoms with van der Waals surface area (Å²) in [7, 11) is 4.34. The lowest BCUT2D eigenvalue weighted by Crippen LogP contribution is -1.88. The maximum Gasteiger partial charge on any atom is 0.250 e. The molecule has 0 fully saturated rings. The summed E-state index contributed by atoms with van der Waals surface area (Å²) >= 11 is 0. The van der Waals surface area contributed by atoms with Gasteiger partial charge in [-0.05, 0) is 22.5 Å². The van der Waals surface area contributed by atoms with Gasteiger partial charge in [0, 0.05) is 0 Å². The van der Waals surface area contributed by atoms with Crippen molar-refractivity contribution in [2.75, 3.05) is 7.11 Å². The lowest BCUT2D eigenvalue weighted by atomic mass is 10.3. The van der Waals surface area contributed by atoms with Crippen molar-refractivity contribution in [1.82, 2.24) is 0 Å². The van der Waals surface area contributed by atoms with Crippen LogP contribution >= 0.6 is 20.7 Å². The second-order valence-corrected chi connectivity index (χ2v) is 4.40. The number of methoxy groups -OCH3 is 1. The summed E-state index contributed by atoms with van der Waals surface area (Å²) in [5.74, 6) is 0.788. The van der Waals surface area contributed by atoms with E-state index in [1.807, 2.05) is 18.2 Å². The largest absolute Gasteiger partial charge is 0.495 e. The summed E-state index contributed by atoms with van der Waals surface area (Å²) < 4.78 is 6.19. The van der Waals surface area contributed by atoms with E-state index in [4.69, 9.17) is 4.74 Å². The molecule has 0 aliphatic heterocycles. The first-order valence-electron chi connectivity index (χ1n) is 3.39. The van der Waals surface area contributed by atoms with Gasteiger partial charge < -0.3 is 4.74 Å². The average Bonchev–Trinajstić information content (AvgIpc) is 2.48. The van der Waals surface area contributed by atoms with Crippen molar-refractivity contribution in [2.24, 2.45) is 0 Å². The molecule has 0 aliphatic carbocycles. The normalized spacial score (nSPS) is 10.4. The molecule has 0 N–H and O–H groups in total. The minimum Gasteiger partial charge on any atom is -0.495 e. The Morgan fingerprint density at radius 2 is 2.17 bits per heavy atom. The van der Waals surface area contributed by atoms with Crippen LogP contribution in [0.4, 0.5) is 0 Å². The molecule has 1 aromatic heterocycles. The van der Waals surface area contributed by atoms with Gasteiger partial charge in [0.15, 0.2) is 0 Å². The van der Waals surface area contributed by atoms with E-state index in [0.717, 1.165) is 15.8 Å². The highest BCUT2D eigenvalue weighted by Crippen LogP contribution is 2.29. The summed E-state index contributed by atoms with van der Waals surface area (Å²) in [6.45, 7) is 0. The van der Waals surface area contributed by atoms with Crippen molar-refractivity contribution in [1.29, 1.82) is 0 Å². The fourth-order valence-corrected chi connectivity index (χ4v) is 3.28. The first-order chi connectivity index (χ1) is 5.83. The van der Waals surface area contributed by atoms with Crippen LogP contribution in [0.25, 0.3) is 10.1 Å². The molecule has 62 valence electrons. The quantitative estimate of drug-likeness (QED) is 0.657. The zero-order chi connectivity index (χ0) is 8.55. The standard InChI is InChI=1S/C8H6O2S2/c1-10-6-4-2-3-5-7(6)11-12-8(5)9/h2-4H,1H3. The summed E-state index contributed by atoms with van der Waals surface area (Å²) in [6.07, 6.45) is 0. The Hall–Kier alpha value is -0.870. The van der Waals surface area contributed by atoms with E-state index in [9.17, 15) is 4.79 Å². The SMILES string of the molecule is COc1cccc2c(=O)ssc12. The third-order valence-electron chi connectivity index (χ3n) is 1.62. The summed E-state index contributed by atoms with van der Waals surface area (Å²) in [5, 5.41) is 0.768. The molecule has 0 unspecified atom stereocenters. The molecular formula is C8H6O2S2. The monoisotopic (exact) mass is 198 g/mol. The Kier molecular flexibility index (Phi) is 1.86. The first kappa shape index (κ1) is 7.76. The summed E-state index contributed by atoms with van der Waals surface area (Å²) in [5.41, 5.74) is 0. The summed E-state index contributed by atoms with van der Waals surface area (Å²) in [6, 6.07) is 5.53. The topological polar surface area (TPSA) is 26.3 Å². The molecule has 2 rings (SSSR count). The molecule has 0 saturated carbocycles. The number of ether oxygens (including phenoxy) is 1. The smallest absolute Gasteiger partial charge is 0.250 e.